The Morgan fingerprint density at radius 3 is 2.58 bits per heavy atom. The van der Waals surface area contributed by atoms with E-state index < -0.39 is 0 Å². The van der Waals surface area contributed by atoms with Gasteiger partial charge in [0.1, 0.15) is 0 Å². The summed E-state index contributed by atoms with van der Waals surface area (Å²) in [5, 5.41) is 0.651. The maximum atomic E-state index is 13.6. The molecule has 7 heteroatoms. The second-order valence-electron chi connectivity index (χ2n) is 7.32. The molecule has 0 aliphatic heterocycles. The predicted molar refractivity (Wildman–Crippen MR) is 123 cm³/mol. The average molecular weight is 426 g/mol. The summed E-state index contributed by atoms with van der Waals surface area (Å²) in [4.78, 5) is 33.2. The van der Waals surface area contributed by atoms with Gasteiger partial charge in [0, 0.05) is 24.2 Å². The van der Waals surface area contributed by atoms with E-state index in [0.717, 1.165) is 27.0 Å². The number of aromatic nitrogens is 4. The van der Waals surface area contributed by atoms with E-state index in [9.17, 15) is 4.79 Å². The van der Waals surface area contributed by atoms with Gasteiger partial charge < -0.3 is 0 Å². The third-order valence-electron chi connectivity index (χ3n) is 5.31. The minimum Gasteiger partial charge on any atom is -0.278 e. The topological polar surface area (TPSA) is 71.9 Å². The summed E-state index contributed by atoms with van der Waals surface area (Å²) in [6.07, 6.45) is 5.00. The first-order chi connectivity index (χ1) is 15.1. The summed E-state index contributed by atoms with van der Waals surface area (Å²) in [6, 6.07) is 15.2. The monoisotopic (exact) mass is 425 g/mol. The molecular weight excluding hydrogens is 406 g/mol. The van der Waals surface area contributed by atoms with Crippen molar-refractivity contribution in [3.05, 3.63) is 89.5 Å². The van der Waals surface area contributed by atoms with Crippen LogP contribution in [0.1, 0.15) is 27.2 Å². The molecule has 3 aromatic heterocycles. The van der Waals surface area contributed by atoms with Crippen molar-refractivity contribution in [2.45, 2.75) is 20.4 Å². The third kappa shape index (κ3) is 3.64. The summed E-state index contributed by atoms with van der Waals surface area (Å²) < 4.78 is 1.06. The zero-order chi connectivity index (χ0) is 21.4. The van der Waals surface area contributed by atoms with Crippen LogP contribution >= 0.6 is 11.3 Å². The molecule has 0 radical (unpaired) electrons. The lowest BCUT2D eigenvalue weighted by atomic mass is 10.1. The highest BCUT2D eigenvalue weighted by molar-refractivity contribution is 7.22. The Kier molecular flexibility index (Phi) is 4.88. The molecule has 3 heterocycles. The van der Waals surface area contributed by atoms with Crippen LogP contribution in [0.15, 0.2) is 67.1 Å². The molecule has 0 fully saturated rings. The fraction of sp³-hybridized carbons (Fsp3) is 0.125. The van der Waals surface area contributed by atoms with Crippen LogP contribution in [0.3, 0.4) is 0 Å². The smallest absolute Gasteiger partial charge is 0.260 e. The molecule has 152 valence electrons. The maximum Gasteiger partial charge on any atom is 0.260 e. The fourth-order valence-electron chi connectivity index (χ4n) is 3.46. The van der Waals surface area contributed by atoms with E-state index in [1.807, 2.05) is 24.3 Å². The first-order valence-electron chi connectivity index (χ1n) is 9.89. The van der Waals surface area contributed by atoms with Crippen molar-refractivity contribution in [2.75, 3.05) is 4.90 Å². The van der Waals surface area contributed by atoms with Crippen LogP contribution in [-0.4, -0.2) is 25.8 Å². The number of fused-ring (bicyclic) bond motifs is 2. The van der Waals surface area contributed by atoms with Crippen molar-refractivity contribution in [3.63, 3.8) is 0 Å². The molecule has 31 heavy (non-hydrogen) atoms. The van der Waals surface area contributed by atoms with Gasteiger partial charge in [-0.05, 0) is 61.4 Å². The first kappa shape index (κ1) is 19.3. The number of thiazole rings is 1. The summed E-state index contributed by atoms with van der Waals surface area (Å²) in [5.41, 5.74) is 6.01. The summed E-state index contributed by atoms with van der Waals surface area (Å²) >= 11 is 1.51. The molecule has 0 N–H and O–H groups in total. The standard InChI is InChI=1S/C24H19N5OS/c1-15-6-9-21-22(16(15)2)28-24(31-21)29(14-18-5-3-4-10-25-18)23(30)17-7-8-19-20(13-17)27-12-11-26-19/h3-13H,14H2,1-2H3. The van der Waals surface area contributed by atoms with E-state index in [1.165, 1.54) is 16.9 Å². The Morgan fingerprint density at radius 1 is 0.935 bits per heavy atom. The van der Waals surface area contributed by atoms with Crippen LogP contribution in [0.25, 0.3) is 21.3 Å². The van der Waals surface area contributed by atoms with Crippen LogP contribution < -0.4 is 4.90 Å². The number of hydrogen-bond donors (Lipinski definition) is 0. The molecule has 5 rings (SSSR count). The Balaban J connectivity index is 1.61. The van der Waals surface area contributed by atoms with Crippen molar-refractivity contribution in [1.29, 1.82) is 0 Å². The molecule has 0 saturated carbocycles. The van der Waals surface area contributed by atoms with Gasteiger partial charge in [-0.15, -0.1) is 0 Å². The number of aryl methyl sites for hydroxylation is 2. The second-order valence-corrected chi connectivity index (χ2v) is 8.33. The molecule has 0 bridgehead atoms. The van der Waals surface area contributed by atoms with Crippen molar-refractivity contribution in [1.82, 2.24) is 19.9 Å². The minimum absolute atomic E-state index is 0.147. The van der Waals surface area contributed by atoms with Crippen LogP contribution in [0.2, 0.25) is 0 Å². The highest BCUT2D eigenvalue weighted by Gasteiger charge is 2.23. The van der Waals surface area contributed by atoms with Gasteiger partial charge in [0.25, 0.3) is 5.91 Å². The highest BCUT2D eigenvalue weighted by atomic mass is 32.1. The van der Waals surface area contributed by atoms with Crippen molar-refractivity contribution in [3.8, 4) is 0 Å². The van der Waals surface area contributed by atoms with Gasteiger partial charge in [0.15, 0.2) is 5.13 Å². The lowest BCUT2D eigenvalue weighted by molar-refractivity contribution is 0.0985. The number of anilines is 1. The van der Waals surface area contributed by atoms with Crippen LogP contribution in [0.5, 0.6) is 0 Å². The number of nitrogens with zero attached hydrogens (tertiary/aromatic N) is 5. The van der Waals surface area contributed by atoms with Gasteiger partial charge in [0.2, 0.25) is 0 Å². The molecule has 0 saturated heterocycles. The zero-order valence-electron chi connectivity index (χ0n) is 17.1. The van der Waals surface area contributed by atoms with Gasteiger partial charge in [-0.1, -0.05) is 23.5 Å². The largest absolute Gasteiger partial charge is 0.278 e. The maximum absolute atomic E-state index is 13.6. The van der Waals surface area contributed by atoms with Gasteiger partial charge in [-0.25, -0.2) is 4.98 Å². The van der Waals surface area contributed by atoms with E-state index in [2.05, 4.69) is 40.9 Å². The molecule has 2 aromatic carbocycles. The fourth-order valence-corrected chi connectivity index (χ4v) is 4.48. The summed E-state index contributed by atoms with van der Waals surface area (Å²) in [7, 11) is 0. The van der Waals surface area contributed by atoms with Crippen molar-refractivity contribution >= 4 is 43.6 Å². The van der Waals surface area contributed by atoms with E-state index in [1.54, 1.807) is 35.6 Å². The van der Waals surface area contributed by atoms with E-state index >= 15 is 0 Å². The molecule has 0 atom stereocenters. The Morgan fingerprint density at radius 2 is 1.77 bits per heavy atom. The van der Waals surface area contributed by atoms with E-state index in [0.29, 0.717) is 22.8 Å². The Labute approximate surface area is 183 Å². The third-order valence-corrected chi connectivity index (χ3v) is 6.36. The Hall–Kier alpha value is -3.71. The lowest BCUT2D eigenvalue weighted by Gasteiger charge is -2.19. The molecule has 0 spiro atoms. The molecule has 0 unspecified atom stereocenters. The van der Waals surface area contributed by atoms with Crippen molar-refractivity contribution < 1.29 is 4.79 Å². The number of carbonyl (C=O) groups excluding carboxylic acids is 1. The van der Waals surface area contributed by atoms with Crippen LogP contribution in [0.4, 0.5) is 5.13 Å². The normalized spacial score (nSPS) is 11.2. The molecule has 0 aliphatic carbocycles. The lowest BCUT2D eigenvalue weighted by Crippen LogP contribution is -2.30. The quantitative estimate of drug-likeness (QED) is 0.401. The number of amides is 1. The number of hydrogen-bond acceptors (Lipinski definition) is 6. The van der Waals surface area contributed by atoms with Gasteiger partial charge in [-0.3, -0.25) is 24.6 Å². The van der Waals surface area contributed by atoms with Crippen LogP contribution in [-0.2, 0) is 6.54 Å². The molecule has 1 amide bonds. The second kappa shape index (κ2) is 7.85. The number of benzene rings is 2. The molecule has 6 nitrogen and oxygen atoms in total. The Bertz CT molecular complexity index is 1410. The number of carbonyl (C=O) groups is 1. The van der Waals surface area contributed by atoms with E-state index in [-0.39, 0.29) is 5.91 Å². The number of rotatable bonds is 4. The first-order valence-corrected chi connectivity index (χ1v) is 10.7. The van der Waals surface area contributed by atoms with Gasteiger partial charge in [0.05, 0.1) is 33.5 Å². The van der Waals surface area contributed by atoms with Crippen LogP contribution in [0, 0.1) is 13.8 Å². The van der Waals surface area contributed by atoms with Gasteiger partial charge >= 0.3 is 0 Å². The van der Waals surface area contributed by atoms with E-state index in [4.69, 9.17) is 4.98 Å². The zero-order valence-corrected chi connectivity index (χ0v) is 17.9. The van der Waals surface area contributed by atoms with Gasteiger partial charge in [-0.2, -0.15) is 0 Å². The van der Waals surface area contributed by atoms with Crippen molar-refractivity contribution in [2.24, 2.45) is 0 Å². The average Bonchev–Trinajstić information content (AvgIpc) is 3.25. The highest BCUT2D eigenvalue weighted by Crippen LogP contribution is 2.33. The molecule has 0 aliphatic rings. The minimum atomic E-state index is -0.147. The SMILES string of the molecule is Cc1ccc2sc(N(Cc3ccccn3)C(=O)c3ccc4nccnc4c3)nc2c1C. The number of pyridine rings is 1. The summed E-state index contributed by atoms with van der Waals surface area (Å²) in [6.45, 7) is 4.46. The summed E-state index contributed by atoms with van der Waals surface area (Å²) in [5.74, 6) is -0.147. The molecule has 5 aromatic rings. The predicted octanol–water partition coefficient (Wildman–Crippen LogP) is 5.10. The molecular formula is C24H19N5OS.